The number of nitrogens with zero attached hydrogens (tertiary/aromatic N) is 4. The molecule has 6 heteroatoms. The molecule has 88 valence electrons. The molecule has 0 amide bonds. The topological polar surface area (TPSA) is 32.3 Å². The van der Waals surface area contributed by atoms with Crippen molar-refractivity contribution in [1.29, 1.82) is 0 Å². The summed E-state index contributed by atoms with van der Waals surface area (Å²) < 4.78 is 13.5. The second-order valence-electron chi connectivity index (χ2n) is 4.16. The highest BCUT2D eigenvalue weighted by Crippen LogP contribution is 2.23. The number of rotatable bonds is 2. The van der Waals surface area contributed by atoms with E-state index in [-0.39, 0.29) is 5.28 Å². The zero-order valence-electron chi connectivity index (χ0n) is 9.32. The Kier molecular flexibility index (Phi) is 3.25. The lowest BCUT2D eigenvalue weighted by Crippen LogP contribution is -2.32. The van der Waals surface area contributed by atoms with E-state index >= 15 is 0 Å². The molecule has 16 heavy (non-hydrogen) atoms. The quantitative estimate of drug-likeness (QED) is 0.737. The summed E-state index contributed by atoms with van der Waals surface area (Å²) in [5.41, 5.74) is 0. The molecule has 1 aliphatic heterocycles. The summed E-state index contributed by atoms with van der Waals surface area (Å²) in [5.74, 6) is -0.104. The molecule has 0 aliphatic carbocycles. The molecule has 1 unspecified atom stereocenters. The largest absolute Gasteiger partial charge is 0.352 e. The predicted molar refractivity (Wildman–Crippen MR) is 61.3 cm³/mol. The summed E-state index contributed by atoms with van der Waals surface area (Å²) >= 11 is 5.67. The van der Waals surface area contributed by atoms with E-state index in [4.69, 9.17) is 11.6 Å². The van der Waals surface area contributed by atoms with Gasteiger partial charge < -0.3 is 9.80 Å². The average molecular weight is 245 g/mol. The van der Waals surface area contributed by atoms with Crippen molar-refractivity contribution in [3.63, 3.8) is 0 Å². The van der Waals surface area contributed by atoms with E-state index < -0.39 is 5.82 Å². The van der Waals surface area contributed by atoms with Crippen LogP contribution in [-0.4, -0.2) is 48.1 Å². The van der Waals surface area contributed by atoms with Crippen molar-refractivity contribution in [3.05, 3.63) is 17.3 Å². The van der Waals surface area contributed by atoms with Crippen molar-refractivity contribution in [2.45, 2.75) is 12.5 Å². The highest BCUT2D eigenvalue weighted by Gasteiger charge is 2.26. The number of halogens is 2. The highest BCUT2D eigenvalue weighted by atomic mass is 35.5. The zero-order valence-corrected chi connectivity index (χ0v) is 10.1. The van der Waals surface area contributed by atoms with Crippen LogP contribution < -0.4 is 4.90 Å². The molecule has 1 aromatic heterocycles. The minimum atomic E-state index is -0.413. The fourth-order valence-electron chi connectivity index (χ4n) is 1.91. The van der Waals surface area contributed by atoms with Gasteiger partial charge in [0, 0.05) is 19.1 Å². The lowest BCUT2D eigenvalue weighted by atomic mass is 10.2. The molecule has 1 atom stereocenters. The Morgan fingerprint density at radius 3 is 2.94 bits per heavy atom. The van der Waals surface area contributed by atoms with Crippen LogP contribution in [0.1, 0.15) is 6.42 Å². The van der Waals surface area contributed by atoms with Gasteiger partial charge in [0.25, 0.3) is 0 Å². The summed E-state index contributed by atoms with van der Waals surface area (Å²) in [7, 11) is 4.05. The number of likely N-dealkylation sites (N-methyl/N-ethyl adjacent to an activating group) is 1. The molecule has 0 spiro atoms. The van der Waals surface area contributed by atoms with E-state index in [0.717, 1.165) is 25.7 Å². The Balaban J connectivity index is 2.17. The Labute approximate surface area is 99.0 Å². The third-order valence-corrected chi connectivity index (χ3v) is 3.07. The minimum absolute atomic E-state index is 0.0877. The average Bonchev–Trinajstić information content (AvgIpc) is 2.70. The van der Waals surface area contributed by atoms with Crippen LogP contribution in [0.2, 0.25) is 5.28 Å². The van der Waals surface area contributed by atoms with Gasteiger partial charge in [-0.25, -0.2) is 9.37 Å². The van der Waals surface area contributed by atoms with Crippen LogP contribution >= 0.6 is 11.6 Å². The SMILES string of the molecule is CN(C)C1CCN(c2nc(Cl)ncc2F)C1. The fourth-order valence-corrected chi connectivity index (χ4v) is 2.04. The molecule has 1 saturated heterocycles. The number of anilines is 1. The van der Waals surface area contributed by atoms with E-state index in [1.54, 1.807) is 0 Å². The first-order chi connectivity index (χ1) is 7.58. The normalized spacial score (nSPS) is 20.8. The maximum Gasteiger partial charge on any atom is 0.224 e. The molecule has 0 radical (unpaired) electrons. The van der Waals surface area contributed by atoms with Crippen molar-refractivity contribution >= 4 is 17.4 Å². The van der Waals surface area contributed by atoms with Gasteiger partial charge in [-0.05, 0) is 32.1 Å². The van der Waals surface area contributed by atoms with Gasteiger partial charge in [-0.15, -0.1) is 0 Å². The van der Waals surface area contributed by atoms with Gasteiger partial charge in [0.2, 0.25) is 5.28 Å². The third-order valence-electron chi connectivity index (χ3n) is 2.89. The van der Waals surface area contributed by atoms with Gasteiger partial charge in [-0.3, -0.25) is 0 Å². The maximum absolute atomic E-state index is 13.5. The molecule has 1 aliphatic rings. The Morgan fingerprint density at radius 2 is 2.31 bits per heavy atom. The first-order valence-corrected chi connectivity index (χ1v) is 5.55. The zero-order chi connectivity index (χ0) is 11.7. The number of aromatic nitrogens is 2. The molecular formula is C10H14ClFN4. The van der Waals surface area contributed by atoms with Gasteiger partial charge >= 0.3 is 0 Å². The van der Waals surface area contributed by atoms with E-state index in [1.807, 2.05) is 19.0 Å². The third kappa shape index (κ3) is 2.25. The molecule has 0 N–H and O–H groups in total. The fraction of sp³-hybridized carbons (Fsp3) is 0.600. The molecule has 1 aromatic rings. The Bertz CT molecular complexity index is 385. The molecule has 2 heterocycles. The summed E-state index contributed by atoms with van der Waals surface area (Å²) in [5, 5.41) is 0.0877. The predicted octanol–water partition coefficient (Wildman–Crippen LogP) is 1.41. The lowest BCUT2D eigenvalue weighted by molar-refractivity contribution is 0.315. The summed E-state index contributed by atoms with van der Waals surface area (Å²) in [4.78, 5) is 11.6. The molecule has 0 saturated carbocycles. The first kappa shape index (κ1) is 11.5. The monoisotopic (exact) mass is 244 g/mol. The minimum Gasteiger partial charge on any atom is -0.352 e. The lowest BCUT2D eigenvalue weighted by Gasteiger charge is -2.21. The van der Waals surface area contributed by atoms with E-state index in [2.05, 4.69) is 14.9 Å². The van der Waals surface area contributed by atoms with Crippen molar-refractivity contribution in [1.82, 2.24) is 14.9 Å². The molecule has 0 aromatic carbocycles. The standard InChI is InChI=1S/C10H14ClFN4/c1-15(2)7-3-4-16(6-7)9-8(12)5-13-10(11)14-9/h5,7H,3-4,6H2,1-2H3. The van der Waals surface area contributed by atoms with Crippen molar-refractivity contribution in [2.75, 3.05) is 32.1 Å². The summed E-state index contributed by atoms with van der Waals surface area (Å²) in [6, 6.07) is 0.438. The first-order valence-electron chi connectivity index (χ1n) is 5.17. The van der Waals surface area contributed by atoms with E-state index in [0.29, 0.717) is 11.9 Å². The van der Waals surface area contributed by atoms with Gasteiger partial charge in [0.15, 0.2) is 11.6 Å². The van der Waals surface area contributed by atoms with E-state index in [1.165, 1.54) is 0 Å². The number of hydrogen-bond acceptors (Lipinski definition) is 4. The second-order valence-corrected chi connectivity index (χ2v) is 4.50. The smallest absolute Gasteiger partial charge is 0.224 e. The van der Waals surface area contributed by atoms with Crippen LogP contribution in [0, 0.1) is 5.82 Å². The Hall–Kier alpha value is -0.940. The molecule has 0 bridgehead atoms. The van der Waals surface area contributed by atoms with Crippen LogP contribution in [-0.2, 0) is 0 Å². The summed E-state index contributed by atoms with van der Waals surface area (Å²) in [6.07, 6.45) is 2.13. The maximum atomic E-state index is 13.5. The van der Waals surface area contributed by atoms with Crippen molar-refractivity contribution in [2.24, 2.45) is 0 Å². The van der Waals surface area contributed by atoms with Gasteiger partial charge in [-0.1, -0.05) is 0 Å². The van der Waals surface area contributed by atoms with Gasteiger partial charge in [0.1, 0.15) is 0 Å². The van der Waals surface area contributed by atoms with Crippen molar-refractivity contribution < 1.29 is 4.39 Å². The van der Waals surface area contributed by atoms with Gasteiger partial charge in [-0.2, -0.15) is 4.98 Å². The van der Waals surface area contributed by atoms with Crippen LogP contribution in [0.25, 0.3) is 0 Å². The highest BCUT2D eigenvalue weighted by molar-refractivity contribution is 6.28. The number of hydrogen-bond donors (Lipinski definition) is 0. The molecular weight excluding hydrogens is 231 g/mol. The molecule has 4 nitrogen and oxygen atoms in total. The molecule has 1 fully saturated rings. The van der Waals surface area contributed by atoms with Gasteiger partial charge in [0.05, 0.1) is 6.20 Å². The van der Waals surface area contributed by atoms with Crippen LogP contribution in [0.5, 0.6) is 0 Å². The molecule has 2 rings (SSSR count). The van der Waals surface area contributed by atoms with Crippen LogP contribution in [0.15, 0.2) is 6.20 Å². The van der Waals surface area contributed by atoms with Crippen LogP contribution in [0.4, 0.5) is 10.2 Å². The summed E-state index contributed by atoms with van der Waals surface area (Å²) in [6.45, 7) is 1.57. The van der Waals surface area contributed by atoms with Crippen molar-refractivity contribution in [3.8, 4) is 0 Å². The Morgan fingerprint density at radius 1 is 1.56 bits per heavy atom. The van der Waals surface area contributed by atoms with Crippen LogP contribution in [0.3, 0.4) is 0 Å². The van der Waals surface area contributed by atoms with E-state index in [9.17, 15) is 4.39 Å². The second kappa shape index (κ2) is 4.51.